The van der Waals surface area contributed by atoms with E-state index in [-0.39, 0.29) is 5.97 Å². The first-order chi connectivity index (χ1) is 13.6. The molecule has 0 saturated carbocycles. The van der Waals surface area contributed by atoms with Gasteiger partial charge in [-0.05, 0) is 49.2 Å². The number of hydrogen-bond acceptors (Lipinski definition) is 4. The molecule has 4 nitrogen and oxygen atoms in total. The van der Waals surface area contributed by atoms with Crippen molar-refractivity contribution in [1.29, 1.82) is 0 Å². The lowest BCUT2D eigenvalue weighted by molar-refractivity contribution is 0.0601. The van der Waals surface area contributed by atoms with Crippen LogP contribution in [0.2, 0.25) is 0 Å². The van der Waals surface area contributed by atoms with Crippen LogP contribution >= 0.6 is 0 Å². The van der Waals surface area contributed by atoms with Crippen molar-refractivity contribution in [3.05, 3.63) is 83.4 Å². The number of rotatable bonds is 3. The molecular formula is C24H20N2O2. The third-order valence-electron chi connectivity index (χ3n) is 4.91. The highest BCUT2D eigenvalue weighted by Crippen LogP contribution is 2.31. The quantitative estimate of drug-likeness (QED) is 0.456. The molecule has 0 amide bonds. The van der Waals surface area contributed by atoms with Gasteiger partial charge in [0.25, 0.3) is 0 Å². The molecule has 0 saturated heterocycles. The summed E-state index contributed by atoms with van der Waals surface area (Å²) in [6.45, 7) is 4.16. The standard InChI is InChI=1S/C24H20N2O2/c1-15-13-20-21(14-16(15)2)26-23(22(25-20)17-7-5-4-6-8-17)18-9-11-19(12-10-18)24(27)28-3/h4-14H,1-3H3. The summed E-state index contributed by atoms with van der Waals surface area (Å²) in [5, 5.41) is 0. The molecule has 0 fully saturated rings. The summed E-state index contributed by atoms with van der Waals surface area (Å²) in [4.78, 5) is 21.6. The maximum absolute atomic E-state index is 11.7. The fourth-order valence-electron chi connectivity index (χ4n) is 3.19. The molecule has 0 spiro atoms. The van der Waals surface area contributed by atoms with Crippen LogP contribution in [0.25, 0.3) is 33.5 Å². The maximum atomic E-state index is 11.7. The number of carbonyl (C=O) groups excluding carboxylic acids is 1. The summed E-state index contributed by atoms with van der Waals surface area (Å²) >= 11 is 0. The van der Waals surface area contributed by atoms with E-state index in [0.717, 1.165) is 33.5 Å². The van der Waals surface area contributed by atoms with Gasteiger partial charge in [-0.15, -0.1) is 0 Å². The molecule has 1 heterocycles. The highest BCUT2D eigenvalue weighted by atomic mass is 16.5. The number of carbonyl (C=O) groups is 1. The molecule has 4 heteroatoms. The molecule has 0 N–H and O–H groups in total. The summed E-state index contributed by atoms with van der Waals surface area (Å²) in [6, 6.07) is 21.4. The number of benzene rings is 3. The molecule has 0 aliphatic rings. The SMILES string of the molecule is COC(=O)c1ccc(-c2nc3cc(C)c(C)cc3nc2-c2ccccc2)cc1. The summed E-state index contributed by atoms with van der Waals surface area (Å²) in [7, 11) is 1.38. The number of fused-ring (bicyclic) bond motifs is 1. The van der Waals surface area contributed by atoms with E-state index >= 15 is 0 Å². The lowest BCUT2D eigenvalue weighted by atomic mass is 10.0. The van der Waals surface area contributed by atoms with Crippen LogP contribution in [0.1, 0.15) is 21.5 Å². The van der Waals surface area contributed by atoms with Crippen LogP contribution in [-0.4, -0.2) is 23.0 Å². The van der Waals surface area contributed by atoms with Gasteiger partial charge >= 0.3 is 5.97 Å². The van der Waals surface area contributed by atoms with Crippen molar-refractivity contribution in [3.63, 3.8) is 0 Å². The molecule has 0 unspecified atom stereocenters. The minimum Gasteiger partial charge on any atom is -0.465 e. The van der Waals surface area contributed by atoms with E-state index in [2.05, 4.69) is 26.0 Å². The molecule has 0 bridgehead atoms. The summed E-state index contributed by atoms with van der Waals surface area (Å²) in [5.74, 6) is -0.356. The van der Waals surface area contributed by atoms with Crippen molar-refractivity contribution in [3.8, 4) is 22.5 Å². The number of nitrogens with zero attached hydrogens (tertiary/aromatic N) is 2. The Morgan fingerprint density at radius 3 is 1.75 bits per heavy atom. The third kappa shape index (κ3) is 3.25. The van der Waals surface area contributed by atoms with Crippen molar-refractivity contribution in [2.45, 2.75) is 13.8 Å². The van der Waals surface area contributed by atoms with Gasteiger partial charge < -0.3 is 4.74 Å². The molecule has 0 aliphatic carbocycles. The molecule has 138 valence electrons. The average Bonchev–Trinajstić information content (AvgIpc) is 2.74. The van der Waals surface area contributed by atoms with Gasteiger partial charge in [0.1, 0.15) is 0 Å². The van der Waals surface area contributed by atoms with Gasteiger partial charge in [-0.2, -0.15) is 0 Å². The zero-order chi connectivity index (χ0) is 19.7. The van der Waals surface area contributed by atoms with Gasteiger partial charge in [0.05, 0.1) is 35.1 Å². The first-order valence-corrected chi connectivity index (χ1v) is 9.10. The zero-order valence-corrected chi connectivity index (χ0v) is 16.1. The molecule has 3 aromatic carbocycles. The fraction of sp³-hybridized carbons (Fsp3) is 0.125. The first-order valence-electron chi connectivity index (χ1n) is 9.10. The summed E-state index contributed by atoms with van der Waals surface area (Å²) in [6.07, 6.45) is 0. The highest BCUT2D eigenvalue weighted by Gasteiger charge is 2.15. The zero-order valence-electron chi connectivity index (χ0n) is 16.1. The smallest absolute Gasteiger partial charge is 0.337 e. The van der Waals surface area contributed by atoms with E-state index in [4.69, 9.17) is 14.7 Å². The number of aryl methyl sites for hydroxylation is 2. The van der Waals surface area contributed by atoms with Gasteiger partial charge in [-0.3, -0.25) is 0 Å². The molecule has 1 aromatic heterocycles. The summed E-state index contributed by atoms with van der Waals surface area (Å²) in [5.41, 5.74) is 8.12. The second-order valence-electron chi connectivity index (χ2n) is 6.78. The Morgan fingerprint density at radius 2 is 1.25 bits per heavy atom. The van der Waals surface area contributed by atoms with Crippen LogP contribution in [0.4, 0.5) is 0 Å². The Balaban J connectivity index is 1.94. The van der Waals surface area contributed by atoms with Crippen LogP contribution in [0.3, 0.4) is 0 Å². The topological polar surface area (TPSA) is 52.1 Å². The molecule has 28 heavy (non-hydrogen) atoms. The molecule has 0 atom stereocenters. The van der Waals surface area contributed by atoms with Gasteiger partial charge in [-0.1, -0.05) is 42.5 Å². The first kappa shape index (κ1) is 17.9. The van der Waals surface area contributed by atoms with E-state index in [1.807, 2.05) is 42.5 Å². The minimum absolute atomic E-state index is 0.356. The van der Waals surface area contributed by atoms with Gasteiger partial charge in [0, 0.05) is 11.1 Å². The Labute approximate surface area is 163 Å². The molecule has 4 rings (SSSR count). The lowest BCUT2D eigenvalue weighted by Crippen LogP contribution is -2.01. The Morgan fingerprint density at radius 1 is 0.750 bits per heavy atom. The lowest BCUT2D eigenvalue weighted by Gasteiger charge is -2.12. The van der Waals surface area contributed by atoms with Crippen molar-refractivity contribution in [1.82, 2.24) is 9.97 Å². The molecule has 0 radical (unpaired) electrons. The van der Waals surface area contributed by atoms with E-state index in [0.29, 0.717) is 5.56 Å². The summed E-state index contributed by atoms with van der Waals surface area (Å²) < 4.78 is 4.79. The second kappa shape index (κ2) is 7.24. The van der Waals surface area contributed by atoms with E-state index < -0.39 is 0 Å². The van der Waals surface area contributed by atoms with Crippen molar-refractivity contribution >= 4 is 17.0 Å². The van der Waals surface area contributed by atoms with Crippen LogP contribution < -0.4 is 0 Å². The highest BCUT2D eigenvalue weighted by molar-refractivity contribution is 5.91. The van der Waals surface area contributed by atoms with Crippen LogP contribution in [0, 0.1) is 13.8 Å². The number of ether oxygens (including phenoxy) is 1. The monoisotopic (exact) mass is 368 g/mol. The fourth-order valence-corrected chi connectivity index (χ4v) is 3.19. The number of aromatic nitrogens is 2. The number of esters is 1. The number of hydrogen-bond donors (Lipinski definition) is 0. The average molecular weight is 368 g/mol. The van der Waals surface area contributed by atoms with Crippen LogP contribution in [-0.2, 0) is 4.74 Å². The van der Waals surface area contributed by atoms with Gasteiger partial charge in [0.2, 0.25) is 0 Å². The number of methoxy groups -OCH3 is 1. The Bertz CT molecular complexity index is 1170. The largest absolute Gasteiger partial charge is 0.465 e. The Kier molecular flexibility index (Phi) is 4.62. The van der Waals surface area contributed by atoms with Crippen molar-refractivity contribution in [2.24, 2.45) is 0 Å². The van der Waals surface area contributed by atoms with Gasteiger partial charge in [-0.25, -0.2) is 14.8 Å². The van der Waals surface area contributed by atoms with Gasteiger partial charge in [0.15, 0.2) is 0 Å². The molecule has 4 aromatic rings. The van der Waals surface area contributed by atoms with Crippen LogP contribution in [0.5, 0.6) is 0 Å². The normalized spacial score (nSPS) is 10.8. The second-order valence-corrected chi connectivity index (χ2v) is 6.78. The van der Waals surface area contributed by atoms with E-state index in [9.17, 15) is 4.79 Å². The van der Waals surface area contributed by atoms with Crippen molar-refractivity contribution in [2.75, 3.05) is 7.11 Å². The predicted molar refractivity (Wildman–Crippen MR) is 111 cm³/mol. The van der Waals surface area contributed by atoms with Crippen LogP contribution in [0.15, 0.2) is 66.7 Å². The van der Waals surface area contributed by atoms with E-state index in [1.165, 1.54) is 18.2 Å². The molecular weight excluding hydrogens is 348 g/mol. The molecule has 0 aliphatic heterocycles. The van der Waals surface area contributed by atoms with E-state index in [1.54, 1.807) is 12.1 Å². The minimum atomic E-state index is -0.356. The van der Waals surface area contributed by atoms with Crippen molar-refractivity contribution < 1.29 is 9.53 Å². The maximum Gasteiger partial charge on any atom is 0.337 e. The Hall–Kier alpha value is -3.53. The third-order valence-corrected chi connectivity index (χ3v) is 4.91. The predicted octanol–water partition coefficient (Wildman–Crippen LogP) is 5.37.